The maximum atomic E-state index is 13.3. The van der Waals surface area contributed by atoms with Gasteiger partial charge in [0.05, 0.1) is 11.1 Å². The first kappa shape index (κ1) is 21.8. The minimum atomic E-state index is -0.338. The van der Waals surface area contributed by atoms with Gasteiger partial charge in [-0.3, -0.25) is 14.5 Å². The van der Waals surface area contributed by atoms with Gasteiger partial charge in [0.25, 0.3) is 5.91 Å². The van der Waals surface area contributed by atoms with Crippen LogP contribution in [0.4, 0.5) is 5.82 Å². The number of nitrogens with zero attached hydrogens (tertiary/aromatic N) is 3. The number of anilines is 1. The summed E-state index contributed by atoms with van der Waals surface area (Å²) in [5.74, 6) is 0.595. The lowest BCUT2D eigenvalue weighted by molar-refractivity contribution is -0.119. The number of amides is 1. The van der Waals surface area contributed by atoms with Crippen molar-refractivity contribution >= 4 is 52.1 Å². The molecule has 1 amide bonds. The van der Waals surface area contributed by atoms with Crippen molar-refractivity contribution in [1.29, 1.82) is 0 Å². The number of ketones is 1. The topological polar surface area (TPSA) is 63.2 Å². The van der Waals surface area contributed by atoms with Crippen LogP contribution in [0.5, 0.6) is 0 Å². The van der Waals surface area contributed by atoms with Gasteiger partial charge in [-0.05, 0) is 54.8 Å². The van der Waals surface area contributed by atoms with Gasteiger partial charge in [-0.25, -0.2) is 9.97 Å². The van der Waals surface area contributed by atoms with Gasteiger partial charge in [0.2, 0.25) is 0 Å². The molecule has 4 rings (SSSR count). The van der Waals surface area contributed by atoms with Crippen LogP contribution < -0.4 is 4.90 Å². The Hall–Kier alpha value is -2.38. The summed E-state index contributed by atoms with van der Waals surface area (Å²) in [6.07, 6.45) is 5.69. The third-order valence-corrected chi connectivity index (χ3v) is 7.39. The molecular weight excluding hydrogens is 426 g/mol. The molecule has 2 aromatic heterocycles. The molecule has 0 bridgehead atoms. The lowest BCUT2D eigenvalue weighted by Crippen LogP contribution is -2.30. The van der Waals surface area contributed by atoms with E-state index in [-0.39, 0.29) is 17.7 Å². The molecule has 7 heteroatoms. The standard InChI is InChI=1S/C24H25N3O2S2/c1-15(30-2)8-11-17(28)14-20-18-6-4-5-7-19(18)24(29)27(20)21-12-9-16-10-13-22(31-3)26-23(16)25-21/h4-7,9-10,12-13,15,20H,8,11,14H2,1-3H3. The van der Waals surface area contributed by atoms with Crippen LogP contribution >= 0.6 is 23.5 Å². The Bertz CT molecular complexity index is 1130. The lowest BCUT2D eigenvalue weighted by atomic mass is 9.98. The second-order valence-electron chi connectivity index (χ2n) is 7.68. The van der Waals surface area contributed by atoms with Gasteiger partial charge in [-0.1, -0.05) is 25.1 Å². The second-order valence-corrected chi connectivity index (χ2v) is 9.78. The van der Waals surface area contributed by atoms with Crippen LogP contribution in [0.15, 0.2) is 53.6 Å². The molecule has 1 aliphatic heterocycles. The fourth-order valence-electron chi connectivity index (χ4n) is 3.88. The summed E-state index contributed by atoms with van der Waals surface area (Å²) >= 11 is 3.32. The molecule has 0 saturated heterocycles. The fraction of sp³-hybridized carbons (Fsp3) is 0.333. The number of carbonyl (C=O) groups is 2. The average Bonchev–Trinajstić information content (AvgIpc) is 3.08. The molecule has 0 saturated carbocycles. The second kappa shape index (κ2) is 9.40. The summed E-state index contributed by atoms with van der Waals surface area (Å²) in [5.41, 5.74) is 2.14. The number of rotatable bonds is 8. The molecule has 0 N–H and O–H groups in total. The molecule has 2 unspecified atom stereocenters. The molecule has 0 radical (unpaired) electrons. The molecule has 0 fully saturated rings. The van der Waals surface area contributed by atoms with E-state index >= 15 is 0 Å². The highest BCUT2D eigenvalue weighted by Gasteiger charge is 2.39. The smallest absolute Gasteiger partial charge is 0.260 e. The van der Waals surface area contributed by atoms with Crippen molar-refractivity contribution < 1.29 is 9.59 Å². The Labute approximate surface area is 191 Å². The molecule has 160 valence electrons. The molecule has 0 aliphatic carbocycles. The van der Waals surface area contributed by atoms with Gasteiger partial charge in [0.1, 0.15) is 11.6 Å². The third kappa shape index (κ3) is 4.48. The van der Waals surface area contributed by atoms with Gasteiger partial charge >= 0.3 is 0 Å². The monoisotopic (exact) mass is 451 g/mol. The molecule has 2 atom stereocenters. The summed E-state index contributed by atoms with van der Waals surface area (Å²) in [6.45, 7) is 2.13. The number of hydrogen-bond donors (Lipinski definition) is 0. The van der Waals surface area contributed by atoms with Crippen LogP contribution in [0, 0.1) is 0 Å². The Kier molecular flexibility index (Phi) is 6.62. The Morgan fingerprint density at radius 1 is 1.10 bits per heavy atom. The van der Waals surface area contributed by atoms with Gasteiger partial charge in [0.15, 0.2) is 5.65 Å². The van der Waals surface area contributed by atoms with Crippen LogP contribution in [0.25, 0.3) is 11.0 Å². The minimum Gasteiger partial charge on any atom is -0.300 e. The zero-order valence-corrected chi connectivity index (χ0v) is 19.5. The van der Waals surface area contributed by atoms with Crippen molar-refractivity contribution in [2.75, 3.05) is 17.4 Å². The van der Waals surface area contributed by atoms with E-state index in [9.17, 15) is 9.59 Å². The van der Waals surface area contributed by atoms with Crippen LogP contribution in [-0.2, 0) is 4.79 Å². The first-order valence-corrected chi connectivity index (χ1v) is 12.8. The maximum Gasteiger partial charge on any atom is 0.260 e. The van der Waals surface area contributed by atoms with Crippen molar-refractivity contribution in [3.05, 3.63) is 59.7 Å². The quantitative estimate of drug-likeness (QED) is 0.419. The van der Waals surface area contributed by atoms with E-state index in [1.54, 1.807) is 28.4 Å². The molecule has 1 aromatic carbocycles. The lowest BCUT2D eigenvalue weighted by Gasteiger charge is -2.24. The molecule has 3 heterocycles. The molecule has 31 heavy (non-hydrogen) atoms. The van der Waals surface area contributed by atoms with Crippen molar-refractivity contribution in [3.8, 4) is 0 Å². The van der Waals surface area contributed by atoms with Crippen molar-refractivity contribution in [2.24, 2.45) is 0 Å². The predicted molar refractivity (Wildman–Crippen MR) is 129 cm³/mol. The normalized spacial score (nSPS) is 16.5. The van der Waals surface area contributed by atoms with E-state index in [1.807, 2.05) is 54.8 Å². The van der Waals surface area contributed by atoms with Crippen LogP contribution in [0.2, 0.25) is 0 Å². The number of pyridine rings is 2. The molecule has 0 spiro atoms. The van der Waals surface area contributed by atoms with Gasteiger partial charge in [-0.2, -0.15) is 11.8 Å². The van der Waals surface area contributed by atoms with Gasteiger partial charge < -0.3 is 0 Å². The Morgan fingerprint density at radius 3 is 2.65 bits per heavy atom. The zero-order valence-electron chi connectivity index (χ0n) is 17.9. The fourth-order valence-corrected chi connectivity index (χ4v) is 4.61. The van der Waals surface area contributed by atoms with E-state index in [4.69, 9.17) is 4.98 Å². The van der Waals surface area contributed by atoms with Gasteiger partial charge in [0, 0.05) is 29.0 Å². The highest BCUT2D eigenvalue weighted by Crippen LogP contribution is 2.39. The Balaban J connectivity index is 1.68. The number of benzene rings is 1. The number of thioether (sulfide) groups is 2. The maximum absolute atomic E-state index is 13.3. The SMILES string of the molecule is CSc1ccc2ccc(N3C(=O)c4ccccc4C3CC(=O)CCC(C)SC)nc2n1. The van der Waals surface area contributed by atoms with E-state index < -0.39 is 0 Å². The summed E-state index contributed by atoms with van der Waals surface area (Å²) in [5, 5.41) is 2.24. The molecular formula is C24H25N3O2S2. The predicted octanol–water partition coefficient (Wildman–Crippen LogP) is 5.54. The van der Waals surface area contributed by atoms with Gasteiger partial charge in [-0.15, -0.1) is 11.8 Å². The number of hydrogen-bond acceptors (Lipinski definition) is 6. The van der Waals surface area contributed by atoms with Crippen LogP contribution in [0.1, 0.15) is 48.1 Å². The zero-order chi connectivity index (χ0) is 22.0. The van der Waals surface area contributed by atoms with E-state index in [1.165, 1.54) is 0 Å². The highest BCUT2D eigenvalue weighted by molar-refractivity contribution is 7.99. The molecule has 1 aliphatic rings. The molecule has 3 aromatic rings. The summed E-state index contributed by atoms with van der Waals surface area (Å²) in [7, 11) is 0. The largest absolute Gasteiger partial charge is 0.300 e. The van der Waals surface area contributed by atoms with Crippen molar-refractivity contribution in [1.82, 2.24) is 9.97 Å². The van der Waals surface area contributed by atoms with Crippen molar-refractivity contribution in [3.63, 3.8) is 0 Å². The number of aromatic nitrogens is 2. The first-order chi connectivity index (χ1) is 15.0. The first-order valence-electron chi connectivity index (χ1n) is 10.3. The number of carbonyl (C=O) groups excluding carboxylic acids is 2. The van der Waals surface area contributed by atoms with Crippen molar-refractivity contribution in [2.45, 2.75) is 42.5 Å². The summed E-state index contributed by atoms with van der Waals surface area (Å²) in [6, 6.07) is 14.9. The summed E-state index contributed by atoms with van der Waals surface area (Å²) in [4.78, 5) is 37.1. The average molecular weight is 452 g/mol. The van der Waals surface area contributed by atoms with Crippen LogP contribution in [0.3, 0.4) is 0 Å². The number of fused-ring (bicyclic) bond motifs is 2. The Morgan fingerprint density at radius 2 is 1.87 bits per heavy atom. The third-order valence-electron chi connectivity index (χ3n) is 5.70. The number of Topliss-reactive ketones (excluding diaryl/α,β-unsaturated/α-hetero) is 1. The minimum absolute atomic E-state index is 0.112. The van der Waals surface area contributed by atoms with Crippen LogP contribution in [-0.4, -0.2) is 39.4 Å². The highest BCUT2D eigenvalue weighted by atomic mass is 32.2. The van der Waals surface area contributed by atoms with E-state index in [2.05, 4.69) is 18.2 Å². The van der Waals surface area contributed by atoms with E-state index in [0.29, 0.717) is 35.1 Å². The van der Waals surface area contributed by atoms with E-state index in [0.717, 1.165) is 22.4 Å². The molecule has 5 nitrogen and oxygen atoms in total. The summed E-state index contributed by atoms with van der Waals surface area (Å²) < 4.78 is 0.